The van der Waals surface area contributed by atoms with E-state index in [0.717, 1.165) is 6.07 Å². The minimum Gasteiger partial charge on any atom is -0.870 e. The molecule has 4 aromatic rings. The van der Waals surface area contributed by atoms with Gasteiger partial charge in [0.1, 0.15) is 10.6 Å². The molecule has 0 saturated heterocycles. The molecule has 2 N–H and O–H groups in total. The number of nitrogens with zero attached hydrogens (tertiary/aromatic N) is 2. The number of rotatable bonds is 7. The molecule has 196 valence electrons. The van der Waals surface area contributed by atoms with Crippen LogP contribution < -0.4 is 44.7 Å². The first-order valence-corrected chi connectivity index (χ1v) is 13.3. The Morgan fingerprint density at radius 2 is 1.77 bits per heavy atom. The number of halogens is 2. The van der Waals surface area contributed by atoms with Gasteiger partial charge in [0.05, 0.1) is 23.0 Å². The molecule has 0 aliphatic carbocycles. The molecule has 9 nitrogen and oxygen atoms in total. The second kappa shape index (κ2) is 12.6. The van der Waals surface area contributed by atoms with Gasteiger partial charge in [-0.1, -0.05) is 53.2 Å². The van der Waals surface area contributed by atoms with E-state index in [1.165, 1.54) is 25.1 Å². The SMILES string of the molecule is CCOc1ccc(NC(=O)c2cc3ccccc3c(N=Nc3cc(Cl)c(C)c(S(=O)(=O)O)c3)c2[O-])cc1Cl.[Na+]. The Balaban J connectivity index is 0.00000420. The van der Waals surface area contributed by atoms with Gasteiger partial charge in [-0.25, -0.2) is 0 Å². The van der Waals surface area contributed by atoms with Crippen LogP contribution in [0.1, 0.15) is 22.8 Å². The molecule has 1 amide bonds. The summed E-state index contributed by atoms with van der Waals surface area (Å²) >= 11 is 12.3. The molecule has 0 bridgehead atoms. The summed E-state index contributed by atoms with van der Waals surface area (Å²) in [5, 5.41) is 25.4. The summed E-state index contributed by atoms with van der Waals surface area (Å²) in [5.74, 6) is -0.932. The Bertz CT molecular complexity index is 1710. The molecule has 4 rings (SSSR count). The van der Waals surface area contributed by atoms with Gasteiger partial charge in [-0.2, -0.15) is 18.6 Å². The number of hydrogen-bond acceptors (Lipinski definition) is 7. The Kier molecular flexibility index (Phi) is 10.0. The number of anilines is 1. The maximum absolute atomic E-state index is 13.4. The van der Waals surface area contributed by atoms with Crippen LogP contribution in [0.15, 0.2) is 75.8 Å². The second-order valence-electron chi connectivity index (χ2n) is 8.08. The van der Waals surface area contributed by atoms with Crippen LogP contribution in [0, 0.1) is 6.92 Å². The number of amides is 1. The molecule has 0 heterocycles. The average Bonchev–Trinajstić information content (AvgIpc) is 2.86. The fourth-order valence-corrected chi connectivity index (χ4v) is 4.97. The van der Waals surface area contributed by atoms with E-state index in [-0.39, 0.29) is 57.1 Å². The summed E-state index contributed by atoms with van der Waals surface area (Å²) in [7, 11) is -4.58. The van der Waals surface area contributed by atoms with Crippen LogP contribution in [-0.4, -0.2) is 25.5 Å². The monoisotopic (exact) mass is 595 g/mol. The molecule has 0 fully saturated rings. The number of fused-ring (bicyclic) bond motifs is 1. The first-order valence-electron chi connectivity index (χ1n) is 11.2. The molecule has 0 atom stereocenters. The number of benzene rings is 4. The second-order valence-corrected chi connectivity index (χ2v) is 10.3. The fraction of sp³-hybridized carbons (Fsp3) is 0.115. The standard InChI is InChI=1S/C26H21Cl2N3O6S.Na/c1-3-37-22-9-8-16(11-21(22)28)29-26(33)19-10-15-6-4-5-7-18(15)24(25(19)32)31-30-17-12-20(27)14(2)23(13-17)38(34,35)36;/h4-13,32H,3H2,1-2H3,(H,29,33)(H,34,35,36);/q;+1/p-1. The van der Waals surface area contributed by atoms with Crippen LogP contribution in [0.4, 0.5) is 17.1 Å². The van der Waals surface area contributed by atoms with Crippen molar-refractivity contribution >= 4 is 67.1 Å². The van der Waals surface area contributed by atoms with Crippen LogP contribution in [0.3, 0.4) is 0 Å². The normalized spacial score (nSPS) is 11.4. The smallest absolute Gasteiger partial charge is 0.870 e. The molecule has 39 heavy (non-hydrogen) atoms. The molecule has 4 aromatic carbocycles. The van der Waals surface area contributed by atoms with Gasteiger partial charge in [0.25, 0.3) is 16.0 Å². The summed E-state index contributed by atoms with van der Waals surface area (Å²) in [6.45, 7) is 3.66. The van der Waals surface area contributed by atoms with Gasteiger partial charge in [-0.15, -0.1) is 0 Å². The maximum atomic E-state index is 13.4. The predicted molar refractivity (Wildman–Crippen MR) is 144 cm³/mol. The molecule has 0 spiro atoms. The van der Waals surface area contributed by atoms with E-state index in [9.17, 15) is 22.9 Å². The number of nitrogens with one attached hydrogen (secondary N) is 1. The van der Waals surface area contributed by atoms with Crippen LogP contribution in [0.25, 0.3) is 10.8 Å². The first-order chi connectivity index (χ1) is 18.0. The van der Waals surface area contributed by atoms with E-state index < -0.39 is 26.7 Å². The van der Waals surface area contributed by atoms with Gasteiger partial charge in [0.2, 0.25) is 0 Å². The van der Waals surface area contributed by atoms with E-state index >= 15 is 0 Å². The van der Waals surface area contributed by atoms with Crippen molar-refractivity contribution in [1.82, 2.24) is 0 Å². The number of ether oxygens (including phenoxy) is 1. The minimum atomic E-state index is -4.58. The van der Waals surface area contributed by atoms with Crippen molar-refractivity contribution in [1.29, 1.82) is 0 Å². The van der Waals surface area contributed by atoms with Crippen molar-refractivity contribution in [2.75, 3.05) is 11.9 Å². The van der Waals surface area contributed by atoms with Crippen LogP contribution in [-0.2, 0) is 10.1 Å². The zero-order valence-electron chi connectivity index (χ0n) is 21.0. The van der Waals surface area contributed by atoms with Crippen LogP contribution >= 0.6 is 23.2 Å². The average molecular weight is 596 g/mol. The summed E-state index contributed by atoms with van der Waals surface area (Å²) in [6.07, 6.45) is 0. The topological polar surface area (TPSA) is 140 Å². The zero-order valence-corrected chi connectivity index (χ0v) is 25.4. The molecule has 0 unspecified atom stereocenters. The molecule has 13 heteroatoms. The van der Waals surface area contributed by atoms with Gasteiger partial charge in [0, 0.05) is 21.7 Å². The van der Waals surface area contributed by atoms with Gasteiger partial charge < -0.3 is 15.2 Å². The predicted octanol–water partition coefficient (Wildman–Crippen LogP) is 3.85. The van der Waals surface area contributed by atoms with Crippen molar-refractivity contribution in [3.63, 3.8) is 0 Å². The molecule has 0 radical (unpaired) electrons. The third-order valence-electron chi connectivity index (χ3n) is 5.53. The van der Waals surface area contributed by atoms with Crippen molar-refractivity contribution in [3.8, 4) is 11.5 Å². The number of hydrogen-bond donors (Lipinski definition) is 2. The van der Waals surface area contributed by atoms with Crippen molar-refractivity contribution in [3.05, 3.63) is 81.8 Å². The molecular weight excluding hydrogens is 576 g/mol. The Morgan fingerprint density at radius 1 is 1.05 bits per heavy atom. The van der Waals surface area contributed by atoms with E-state index in [4.69, 9.17) is 27.9 Å². The first kappa shape index (κ1) is 30.8. The van der Waals surface area contributed by atoms with Gasteiger partial charge >= 0.3 is 29.6 Å². The number of carbonyl (C=O) groups excluding carboxylic acids is 1. The quantitative estimate of drug-likeness (QED) is 0.189. The molecular formula is C26H20Cl2N3NaO6S. The largest absolute Gasteiger partial charge is 1.00 e. The van der Waals surface area contributed by atoms with E-state index in [1.54, 1.807) is 36.4 Å². The summed E-state index contributed by atoms with van der Waals surface area (Å²) < 4.78 is 38.3. The van der Waals surface area contributed by atoms with Crippen molar-refractivity contribution in [2.45, 2.75) is 18.7 Å². The van der Waals surface area contributed by atoms with E-state index in [1.807, 2.05) is 6.92 Å². The van der Waals surface area contributed by atoms with Crippen LogP contribution in [0.2, 0.25) is 10.0 Å². The van der Waals surface area contributed by atoms with E-state index in [2.05, 4.69) is 15.5 Å². The van der Waals surface area contributed by atoms with Crippen molar-refractivity contribution < 1.29 is 57.2 Å². The molecule has 0 aromatic heterocycles. The molecule has 0 aliphatic rings. The summed E-state index contributed by atoms with van der Waals surface area (Å²) in [4.78, 5) is 12.7. The van der Waals surface area contributed by atoms with E-state index in [0.29, 0.717) is 33.8 Å². The zero-order chi connectivity index (χ0) is 27.6. The molecule has 0 saturated carbocycles. The third kappa shape index (κ3) is 6.90. The minimum absolute atomic E-state index is 0. The van der Waals surface area contributed by atoms with Gasteiger partial charge in [-0.3, -0.25) is 9.35 Å². The van der Waals surface area contributed by atoms with Gasteiger partial charge in [-0.05, 0) is 61.2 Å². The Hall–Kier alpha value is -2.70. The summed E-state index contributed by atoms with van der Waals surface area (Å²) in [5.41, 5.74) is 0.143. The number of azo groups is 1. The summed E-state index contributed by atoms with van der Waals surface area (Å²) in [6, 6.07) is 15.4. The Labute approximate surface area is 256 Å². The fourth-order valence-electron chi connectivity index (χ4n) is 3.70. The maximum Gasteiger partial charge on any atom is 1.00 e. The Morgan fingerprint density at radius 3 is 2.44 bits per heavy atom. The number of carbonyl (C=O) groups is 1. The third-order valence-corrected chi connectivity index (χ3v) is 7.20. The van der Waals surface area contributed by atoms with Crippen LogP contribution in [0.5, 0.6) is 11.5 Å². The molecule has 0 aliphatic heterocycles. The van der Waals surface area contributed by atoms with Crippen molar-refractivity contribution in [2.24, 2.45) is 10.2 Å². The van der Waals surface area contributed by atoms with Gasteiger partial charge in [0.15, 0.2) is 0 Å².